The highest BCUT2D eigenvalue weighted by atomic mass is 15.2. The van der Waals surface area contributed by atoms with Gasteiger partial charge in [-0.25, -0.2) is 0 Å². The Hall–Kier alpha value is -1.64. The molecule has 21 heavy (non-hydrogen) atoms. The summed E-state index contributed by atoms with van der Waals surface area (Å²) in [6, 6.07) is 17.4. The maximum atomic E-state index is 5.84. The molecule has 1 atom stereocenters. The summed E-state index contributed by atoms with van der Waals surface area (Å²) in [5, 5.41) is 0. The van der Waals surface area contributed by atoms with Gasteiger partial charge in [-0.05, 0) is 35.4 Å². The second-order valence-corrected chi connectivity index (χ2v) is 6.75. The summed E-state index contributed by atoms with van der Waals surface area (Å²) in [6.45, 7) is 8.83. The molecule has 0 aliphatic rings. The second kappa shape index (κ2) is 6.42. The number of benzene rings is 2. The van der Waals surface area contributed by atoms with Crippen LogP contribution in [0.4, 0.5) is 0 Å². The fourth-order valence-corrected chi connectivity index (χ4v) is 2.70. The molecule has 2 rings (SSSR count). The predicted molar refractivity (Wildman–Crippen MR) is 90.1 cm³/mol. The first-order valence-corrected chi connectivity index (χ1v) is 7.53. The van der Waals surface area contributed by atoms with Crippen LogP contribution in [-0.4, -0.2) is 0 Å². The van der Waals surface area contributed by atoms with E-state index in [9.17, 15) is 0 Å². The van der Waals surface area contributed by atoms with E-state index in [0.717, 1.165) is 6.42 Å². The molecule has 0 aromatic heterocycles. The molecule has 0 radical (unpaired) electrons. The Labute approximate surface area is 128 Å². The van der Waals surface area contributed by atoms with Crippen molar-refractivity contribution in [2.75, 3.05) is 0 Å². The lowest BCUT2D eigenvalue weighted by atomic mass is 9.81. The average molecular weight is 282 g/mol. The Morgan fingerprint density at radius 2 is 1.62 bits per heavy atom. The molecule has 0 bridgehead atoms. The van der Waals surface area contributed by atoms with E-state index in [1.807, 2.05) is 0 Å². The highest BCUT2D eigenvalue weighted by Gasteiger charge is 2.22. The lowest BCUT2D eigenvalue weighted by molar-refractivity contribution is 0.518. The third-order valence-electron chi connectivity index (χ3n) is 3.91. The maximum Gasteiger partial charge on any atom is 0.0503 e. The van der Waals surface area contributed by atoms with E-state index in [2.05, 4.69) is 81.7 Å². The zero-order valence-electron chi connectivity index (χ0n) is 13.5. The number of hydrogen-bond donors (Lipinski definition) is 2. The van der Waals surface area contributed by atoms with Crippen molar-refractivity contribution in [2.45, 2.75) is 45.6 Å². The van der Waals surface area contributed by atoms with Gasteiger partial charge < -0.3 is 0 Å². The van der Waals surface area contributed by atoms with Gasteiger partial charge in [0.1, 0.15) is 0 Å². The van der Waals surface area contributed by atoms with Crippen LogP contribution in [0.25, 0.3) is 0 Å². The van der Waals surface area contributed by atoms with Gasteiger partial charge in [0.05, 0.1) is 6.04 Å². The van der Waals surface area contributed by atoms with Crippen LogP contribution in [0.15, 0.2) is 48.5 Å². The van der Waals surface area contributed by atoms with E-state index in [4.69, 9.17) is 5.84 Å². The Morgan fingerprint density at radius 1 is 1.00 bits per heavy atom. The van der Waals surface area contributed by atoms with Gasteiger partial charge in [-0.3, -0.25) is 11.3 Å². The summed E-state index contributed by atoms with van der Waals surface area (Å²) in [4.78, 5) is 0. The van der Waals surface area contributed by atoms with Crippen LogP contribution in [-0.2, 0) is 11.8 Å². The lowest BCUT2D eigenvalue weighted by Crippen LogP contribution is -2.31. The number of nitrogens with two attached hydrogens (primary N) is 1. The van der Waals surface area contributed by atoms with E-state index in [1.165, 1.54) is 22.3 Å². The molecule has 3 N–H and O–H groups in total. The molecule has 2 aromatic carbocycles. The number of hydrogen-bond acceptors (Lipinski definition) is 2. The topological polar surface area (TPSA) is 38.0 Å². The van der Waals surface area contributed by atoms with Crippen LogP contribution in [0.1, 0.15) is 49.1 Å². The Bertz CT molecular complexity index is 579. The third-order valence-corrected chi connectivity index (χ3v) is 3.91. The minimum absolute atomic E-state index is 0.110. The largest absolute Gasteiger partial charge is 0.271 e. The fourth-order valence-electron chi connectivity index (χ4n) is 2.70. The van der Waals surface area contributed by atoms with Crippen LogP contribution >= 0.6 is 0 Å². The molecule has 0 fully saturated rings. The van der Waals surface area contributed by atoms with Crippen LogP contribution in [0.2, 0.25) is 0 Å². The quantitative estimate of drug-likeness (QED) is 0.656. The zero-order chi connectivity index (χ0) is 15.5. The Balaban J connectivity index is 2.32. The van der Waals surface area contributed by atoms with Crippen molar-refractivity contribution in [2.24, 2.45) is 5.84 Å². The van der Waals surface area contributed by atoms with Crippen molar-refractivity contribution in [3.05, 3.63) is 70.8 Å². The monoisotopic (exact) mass is 282 g/mol. The summed E-state index contributed by atoms with van der Waals surface area (Å²) in [7, 11) is 0. The van der Waals surface area contributed by atoms with Gasteiger partial charge in [-0.2, -0.15) is 0 Å². The minimum atomic E-state index is 0.110. The predicted octanol–water partition coefficient (Wildman–Crippen LogP) is 4.04. The zero-order valence-corrected chi connectivity index (χ0v) is 13.5. The average Bonchev–Trinajstić information content (AvgIpc) is 2.46. The standard InChI is InChI=1S/C19H26N2/c1-14-9-11-15(12-10-14)13-18(21-20)16-7-5-6-8-17(16)19(2,3)4/h5-12,18,21H,13,20H2,1-4H3. The van der Waals surface area contributed by atoms with E-state index < -0.39 is 0 Å². The number of hydrazine groups is 1. The van der Waals surface area contributed by atoms with Gasteiger partial charge in [0.2, 0.25) is 0 Å². The maximum absolute atomic E-state index is 5.84. The van der Waals surface area contributed by atoms with Crippen LogP contribution in [0.5, 0.6) is 0 Å². The second-order valence-electron chi connectivity index (χ2n) is 6.75. The van der Waals surface area contributed by atoms with Crippen molar-refractivity contribution in [3.8, 4) is 0 Å². The van der Waals surface area contributed by atoms with Crippen molar-refractivity contribution in [1.82, 2.24) is 5.43 Å². The minimum Gasteiger partial charge on any atom is -0.271 e. The molecular weight excluding hydrogens is 256 g/mol. The molecule has 2 heteroatoms. The lowest BCUT2D eigenvalue weighted by Gasteiger charge is -2.27. The molecule has 2 aromatic rings. The summed E-state index contributed by atoms with van der Waals surface area (Å²) < 4.78 is 0. The normalized spacial score (nSPS) is 13.2. The number of aryl methyl sites for hydroxylation is 1. The van der Waals surface area contributed by atoms with E-state index in [1.54, 1.807) is 0 Å². The fraction of sp³-hybridized carbons (Fsp3) is 0.368. The summed E-state index contributed by atoms with van der Waals surface area (Å²) in [6.07, 6.45) is 0.893. The van der Waals surface area contributed by atoms with Crippen LogP contribution < -0.4 is 11.3 Å². The Kier molecular flexibility index (Phi) is 4.81. The summed E-state index contributed by atoms with van der Waals surface area (Å²) >= 11 is 0. The van der Waals surface area contributed by atoms with Crippen molar-refractivity contribution in [3.63, 3.8) is 0 Å². The van der Waals surface area contributed by atoms with Crippen LogP contribution in [0.3, 0.4) is 0 Å². The van der Waals surface area contributed by atoms with Gasteiger partial charge in [-0.1, -0.05) is 74.9 Å². The van der Waals surface area contributed by atoms with Gasteiger partial charge in [0, 0.05) is 0 Å². The molecule has 0 aliphatic carbocycles. The molecule has 2 nitrogen and oxygen atoms in total. The van der Waals surface area contributed by atoms with Crippen LogP contribution in [0, 0.1) is 6.92 Å². The Morgan fingerprint density at radius 3 is 2.19 bits per heavy atom. The first-order chi connectivity index (χ1) is 9.91. The summed E-state index contributed by atoms with van der Waals surface area (Å²) in [5.74, 6) is 5.84. The van der Waals surface area contributed by atoms with Gasteiger partial charge >= 0.3 is 0 Å². The first-order valence-electron chi connectivity index (χ1n) is 7.53. The molecule has 0 amide bonds. The number of rotatable bonds is 4. The van der Waals surface area contributed by atoms with E-state index >= 15 is 0 Å². The van der Waals surface area contributed by atoms with Gasteiger partial charge in [0.25, 0.3) is 0 Å². The van der Waals surface area contributed by atoms with Crippen molar-refractivity contribution < 1.29 is 0 Å². The van der Waals surface area contributed by atoms with Crippen molar-refractivity contribution in [1.29, 1.82) is 0 Å². The summed E-state index contributed by atoms with van der Waals surface area (Å²) in [5.41, 5.74) is 8.32. The molecule has 0 saturated heterocycles. The molecule has 1 unspecified atom stereocenters. The molecular formula is C19H26N2. The third kappa shape index (κ3) is 3.93. The molecule has 0 aliphatic heterocycles. The molecule has 112 valence electrons. The first kappa shape index (κ1) is 15.7. The number of nitrogens with one attached hydrogen (secondary N) is 1. The molecule has 0 heterocycles. The van der Waals surface area contributed by atoms with Gasteiger partial charge in [-0.15, -0.1) is 0 Å². The van der Waals surface area contributed by atoms with E-state index in [-0.39, 0.29) is 11.5 Å². The smallest absolute Gasteiger partial charge is 0.0503 e. The van der Waals surface area contributed by atoms with Crippen molar-refractivity contribution >= 4 is 0 Å². The SMILES string of the molecule is Cc1ccc(CC(NN)c2ccccc2C(C)(C)C)cc1. The highest BCUT2D eigenvalue weighted by Crippen LogP contribution is 2.30. The van der Waals surface area contributed by atoms with E-state index in [0.29, 0.717) is 0 Å². The highest BCUT2D eigenvalue weighted by molar-refractivity contribution is 5.36. The molecule has 0 saturated carbocycles. The molecule has 0 spiro atoms. The van der Waals surface area contributed by atoms with Gasteiger partial charge in [0.15, 0.2) is 0 Å².